The number of benzene rings is 2. The fraction of sp³-hybridized carbons (Fsp3) is 0. The van der Waals surface area contributed by atoms with Crippen molar-refractivity contribution in [2.45, 2.75) is 0 Å². The monoisotopic (exact) mass is 384 g/mol. The number of carboxylic acid groups (broad SMARTS) is 1. The molecule has 5 N–H and O–H groups in total. The molecule has 0 aliphatic heterocycles. The summed E-state index contributed by atoms with van der Waals surface area (Å²) < 4.78 is 1.26. The van der Waals surface area contributed by atoms with E-state index in [4.69, 9.17) is 11.5 Å². The van der Waals surface area contributed by atoms with Crippen LogP contribution >= 0.6 is 31.9 Å². The van der Waals surface area contributed by atoms with Gasteiger partial charge in [-0.2, -0.15) is 0 Å². The molecule has 19 heavy (non-hydrogen) atoms. The first-order chi connectivity index (χ1) is 8.91. The number of anilines is 2. The molecule has 2 rings (SSSR count). The SMILES string of the molecule is Nc1ccc(-c2c(C(=O)O)ccc(N)c2Br)cc1Br. The predicted molar refractivity (Wildman–Crippen MR) is 83.1 cm³/mol. The Morgan fingerprint density at radius 3 is 2.26 bits per heavy atom. The van der Waals surface area contributed by atoms with Crippen LogP contribution in [0.25, 0.3) is 11.1 Å². The lowest BCUT2D eigenvalue weighted by molar-refractivity contribution is 0.0697. The topological polar surface area (TPSA) is 89.3 Å². The molecule has 0 radical (unpaired) electrons. The summed E-state index contributed by atoms with van der Waals surface area (Å²) in [6, 6.07) is 8.28. The molecule has 0 saturated carbocycles. The molecule has 0 aliphatic rings. The number of aromatic carboxylic acids is 1. The minimum atomic E-state index is -1.01. The molecule has 0 saturated heterocycles. The second kappa shape index (κ2) is 5.22. The fourth-order valence-corrected chi connectivity index (χ4v) is 2.69. The van der Waals surface area contributed by atoms with Gasteiger partial charge in [0.15, 0.2) is 0 Å². The summed E-state index contributed by atoms with van der Waals surface area (Å²) in [6.07, 6.45) is 0. The van der Waals surface area contributed by atoms with Gasteiger partial charge in [0.05, 0.1) is 5.56 Å². The van der Waals surface area contributed by atoms with Gasteiger partial charge in [-0.3, -0.25) is 0 Å². The Kier molecular flexibility index (Phi) is 3.82. The van der Waals surface area contributed by atoms with Crippen molar-refractivity contribution >= 4 is 49.2 Å². The highest BCUT2D eigenvalue weighted by Crippen LogP contribution is 2.37. The average molecular weight is 386 g/mol. The Hall–Kier alpha value is -1.53. The standard InChI is InChI=1S/C13H10Br2N2O2/c14-8-5-6(1-3-9(8)16)11-7(13(18)19)2-4-10(17)12(11)15/h1-5H,16-17H2,(H,18,19). The molecule has 4 nitrogen and oxygen atoms in total. The number of hydrogen-bond acceptors (Lipinski definition) is 3. The lowest BCUT2D eigenvalue weighted by Crippen LogP contribution is -2.02. The molecule has 0 aromatic heterocycles. The summed E-state index contributed by atoms with van der Waals surface area (Å²) in [4.78, 5) is 11.3. The maximum atomic E-state index is 11.3. The van der Waals surface area contributed by atoms with Gasteiger partial charge in [-0.25, -0.2) is 4.79 Å². The van der Waals surface area contributed by atoms with Crippen molar-refractivity contribution in [2.75, 3.05) is 11.5 Å². The summed E-state index contributed by atoms with van der Waals surface area (Å²) in [7, 11) is 0. The van der Waals surface area contributed by atoms with Crippen LogP contribution in [0.2, 0.25) is 0 Å². The molecule has 0 spiro atoms. The zero-order valence-electron chi connectivity index (χ0n) is 9.65. The van der Waals surface area contributed by atoms with E-state index in [2.05, 4.69) is 31.9 Å². The smallest absolute Gasteiger partial charge is 0.336 e. The third-order valence-electron chi connectivity index (χ3n) is 2.69. The van der Waals surface area contributed by atoms with Crippen molar-refractivity contribution in [1.29, 1.82) is 0 Å². The van der Waals surface area contributed by atoms with Gasteiger partial charge in [0.25, 0.3) is 0 Å². The lowest BCUT2D eigenvalue weighted by atomic mass is 9.98. The summed E-state index contributed by atoms with van der Waals surface area (Å²) in [5.41, 5.74) is 14.0. The van der Waals surface area contributed by atoms with Crippen molar-refractivity contribution in [1.82, 2.24) is 0 Å². The number of rotatable bonds is 2. The van der Waals surface area contributed by atoms with Gasteiger partial charge in [-0.1, -0.05) is 6.07 Å². The van der Waals surface area contributed by atoms with Gasteiger partial charge in [0.1, 0.15) is 0 Å². The molecule has 0 atom stereocenters. The Morgan fingerprint density at radius 1 is 1.05 bits per heavy atom. The van der Waals surface area contributed by atoms with E-state index in [-0.39, 0.29) is 5.56 Å². The third kappa shape index (κ3) is 2.59. The maximum absolute atomic E-state index is 11.3. The summed E-state index contributed by atoms with van der Waals surface area (Å²) in [5, 5.41) is 9.27. The third-order valence-corrected chi connectivity index (χ3v) is 4.23. The van der Waals surface area contributed by atoms with Crippen LogP contribution in [0, 0.1) is 0 Å². The van der Waals surface area contributed by atoms with Gasteiger partial charge in [0, 0.05) is 25.9 Å². The van der Waals surface area contributed by atoms with E-state index in [0.29, 0.717) is 25.9 Å². The van der Waals surface area contributed by atoms with E-state index in [1.165, 1.54) is 6.07 Å². The van der Waals surface area contributed by atoms with Crippen LogP contribution in [0.4, 0.5) is 11.4 Å². The molecule has 98 valence electrons. The first-order valence-electron chi connectivity index (χ1n) is 5.28. The first kappa shape index (κ1) is 13.9. The molecule has 0 aliphatic carbocycles. The Balaban J connectivity index is 2.75. The molecule has 2 aromatic rings. The predicted octanol–water partition coefficient (Wildman–Crippen LogP) is 3.74. The molecular weight excluding hydrogens is 376 g/mol. The average Bonchev–Trinajstić information content (AvgIpc) is 2.35. The number of carboxylic acids is 1. The van der Waals surface area contributed by atoms with E-state index in [9.17, 15) is 9.90 Å². The highest BCUT2D eigenvalue weighted by molar-refractivity contribution is 9.11. The quantitative estimate of drug-likeness (QED) is 0.687. The van der Waals surface area contributed by atoms with Crippen LogP contribution in [0.5, 0.6) is 0 Å². The zero-order valence-corrected chi connectivity index (χ0v) is 12.8. The molecule has 6 heteroatoms. The number of nitrogens with two attached hydrogens (primary N) is 2. The highest BCUT2D eigenvalue weighted by Gasteiger charge is 2.17. The van der Waals surface area contributed by atoms with Gasteiger partial charge in [0.2, 0.25) is 0 Å². The second-order valence-electron chi connectivity index (χ2n) is 3.93. The lowest BCUT2D eigenvalue weighted by Gasteiger charge is -2.12. The summed E-state index contributed by atoms with van der Waals surface area (Å²) >= 11 is 6.67. The maximum Gasteiger partial charge on any atom is 0.336 e. The van der Waals surface area contributed by atoms with Crippen molar-refractivity contribution < 1.29 is 9.90 Å². The van der Waals surface area contributed by atoms with Crippen molar-refractivity contribution in [2.24, 2.45) is 0 Å². The number of halogens is 2. The molecule has 0 heterocycles. The molecular formula is C13H10Br2N2O2. The molecule has 2 aromatic carbocycles. The second-order valence-corrected chi connectivity index (χ2v) is 5.58. The van der Waals surface area contributed by atoms with Gasteiger partial charge in [-0.05, 0) is 61.7 Å². The Morgan fingerprint density at radius 2 is 1.68 bits per heavy atom. The Labute approximate surface area is 126 Å². The normalized spacial score (nSPS) is 10.4. The number of hydrogen-bond donors (Lipinski definition) is 3. The number of nitrogen functional groups attached to an aromatic ring is 2. The highest BCUT2D eigenvalue weighted by atomic mass is 79.9. The van der Waals surface area contributed by atoms with Crippen LogP contribution in [0.3, 0.4) is 0 Å². The Bertz CT molecular complexity index is 672. The summed E-state index contributed by atoms with van der Waals surface area (Å²) in [6.45, 7) is 0. The van der Waals surface area contributed by atoms with E-state index in [1.807, 2.05) is 0 Å². The van der Waals surface area contributed by atoms with Crippen LogP contribution in [-0.4, -0.2) is 11.1 Å². The van der Waals surface area contributed by atoms with Crippen molar-refractivity contribution in [3.63, 3.8) is 0 Å². The molecule has 0 fully saturated rings. The fourth-order valence-electron chi connectivity index (χ4n) is 1.74. The van der Waals surface area contributed by atoms with Crippen LogP contribution in [0.1, 0.15) is 10.4 Å². The van der Waals surface area contributed by atoms with Crippen molar-refractivity contribution in [3.05, 3.63) is 44.8 Å². The molecule has 0 unspecified atom stereocenters. The summed E-state index contributed by atoms with van der Waals surface area (Å²) in [5.74, 6) is -1.01. The molecule has 0 amide bonds. The van der Waals surface area contributed by atoms with Crippen LogP contribution < -0.4 is 11.5 Å². The van der Waals surface area contributed by atoms with Crippen LogP contribution in [0.15, 0.2) is 39.3 Å². The minimum absolute atomic E-state index is 0.178. The van der Waals surface area contributed by atoms with Crippen LogP contribution in [-0.2, 0) is 0 Å². The van der Waals surface area contributed by atoms with Crippen molar-refractivity contribution in [3.8, 4) is 11.1 Å². The molecule has 0 bridgehead atoms. The first-order valence-corrected chi connectivity index (χ1v) is 6.87. The van der Waals surface area contributed by atoms with Gasteiger partial charge < -0.3 is 16.6 Å². The van der Waals surface area contributed by atoms with E-state index >= 15 is 0 Å². The van der Waals surface area contributed by atoms with E-state index in [1.54, 1.807) is 24.3 Å². The van der Waals surface area contributed by atoms with Gasteiger partial charge >= 0.3 is 5.97 Å². The van der Waals surface area contributed by atoms with Gasteiger partial charge in [-0.15, -0.1) is 0 Å². The largest absolute Gasteiger partial charge is 0.478 e. The number of carbonyl (C=O) groups is 1. The minimum Gasteiger partial charge on any atom is -0.478 e. The van der Waals surface area contributed by atoms with E-state index in [0.717, 1.165) is 5.56 Å². The zero-order chi connectivity index (χ0) is 14.2. The van der Waals surface area contributed by atoms with E-state index < -0.39 is 5.97 Å².